The first-order chi connectivity index (χ1) is 13.0. The third-order valence-electron chi connectivity index (χ3n) is 5.70. The highest BCUT2D eigenvalue weighted by atomic mass is 19.1. The van der Waals surface area contributed by atoms with Crippen molar-refractivity contribution in [2.24, 2.45) is 0 Å². The molecule has 1 aliphatic heterocycles. The summed E-state index contributed by atoms with van der Waals surface area (Å²) >= 11 is 0. The Labute approximate surface area is 160 Å². The molecular formula is C23H26FNO2. The van der Waals surface area contributed by atoms with E-state index >= 15 is 0 Å². The van der Waals surface area contributed by atoms with E-state index in [-0.39, 0.29) is 23.2 Å². The number of halogens is 1. The number of likely N-dealkylation sites (tertiary alicyclic amines) is 1. The standard InChI is InChI=1S/C23H26FNO2/c1-4-13-23(19-7-9-20(24)10-8-19)14-15-25(22(26)16-23)17(2)18-5-11-21(27-3)12-6-18/h4-12,17H,1,13-16H2,2-3H3/t17-,23+/m0/s1. The molecule has 0 aliphatic carbocycles. The van der Waals surface area contributed by atoms with Crippen LogP contribution in [0.5, 0.6) is 5.75 Å². The van der Waals surface area contributed by atoms with Crippen LogP contribution < -0.4 is 4.74 Å². The first-order valence-corrected chi connectivity index (χ1v) is 9.29. The minimum Gasteiger partial charge on any atom is -0.497 e. The molecule has 1 aliphatic rings. The number of carbonyl (C=O) groups is 1. The lowest BCUT2D eigenvalue weighted by Crippen LogP contribution is -2.47. The second-order valence-electron chi connectivity index (χ2n) is 7.24. The Hall–Kier alpha value is -2.62. The smallest absolute Gasteiger partial charge is 0.223 e. The highest BCUT2D eigenvalue weighted by molar-refractivity contribution is 5.79. The van der Waals surface area contributed by atoms with Crippen LogP contribution in [0.15, 0.2) is 61.2 Å². The largest absolute Gasteiger partial charge is 0.497 e. The summed E-state index contributed by atoms with van der Waals surface area (Å²) in [7, 11) is 1.64. The average molecular weight is 367 g/mol. The van der Waals surface area contributed by atoms with Gasteiger partial charge in [-0.3, -0.25) is 4.79 Å². The Morgan fingerprint density at radius 3 is 2.44 bits per heavy atom. The molecule has 3 nitrogen and oxygen atoms in total. The zero-order valence-corrected chi connectivity index (χ0v) is 16.0. The summed E-state index contributed by atoms with van der Waals surface area (Å²) < 4.78 is 18.6. The minimum absolute atomic E-state index is 0.00152. The number of methoxy groups -OCH3 is 1. The normalized spacial score (nSPS) is 21.0. The highest BCUT2D eigenvalue weighted by Gasteiger charge is 2.40. The zero-order valence-electron chi connectivity index (χ0n) is 16.0. The van der Waals surface area contributed by atoms with Crippen molar-refractivity contribution in [1.82, 2.24) is 4.90 Å². The van der Waals surface area contributed by atoms with E-state index in [9.17, 15) is 9.18 Å². The van der Waals surface area contributed by atoms with E-state index in [4.69, 9.17) is 4.74 Å². The molecule has 0 bridgehead atoms. The van der Waals surface area contributed by atoms with Crippen molar-refractivity contribution in [3.05, 3.63) is 78.1 Å². The predicted octanol–water partition coefficient (Wildman–Crippen LogP) is 5.03. The number of nitrogens with zero attached hydrogens (tertiary/aromatic N) is 1. The van der Waals surface area contributed by atoms with Crippen molar-refractivity contribution in [3.63, 3.8) is 0 Å². The summed E-state index contributed by atoms with van der Waals surface area (Å²) in [6.07, 6.45) is 3.80. The number of hydrogen-bond donors (Lipinski definition) is 0. The molecule has 0 saturated carbocycles. The fourth-order valence-electron chi connectivity index (χ4n) is 4.03. The molecule has 3 rings (SSSR count). The number of allylic oxidation sites excluding steroid dienone is 1. The summed E-state index contributed by atoms with van der Waals surface area (Å²) in [5.41, 5.74) is 1.79. The summed E-state index contributed by atoms with van der Waals surface area (Å²) in [6, 6.07) is 14.4. The van der Waals surface area contributed by atoms with Crippen LogP contribution in [-0.2, 0) is 10.2 Å². The lowest BCUT2D eigenvalue weighted by molar-refractivity contribution is -0.138. The lowest BCUT2D eigenvalue weighted by atomic mass is 9.70. The number of rotatable bonds is 6. The maximum Gasteiger partial charge on any atom is 0.223 e. The van der Waals surface area contributed by atoms with Gasteiger partial charge in [-0.1, -0.05) is 30.3 Å². The quantitative estimate of drug-likeness (QED) is 0.670. The van der Waals surface area contributed by atoms with Crippen molar-refractivity contribution in [3.8, 4) is 5.75 Å². The van der Waals surface area contributed by atoms with E-state index in [1.54, 1.807) is 19.2 Å². The molecule has 142 valence electrons. The third kappa shape index (κ3) is 3.90. The molecule has 0 unspecified atom stereocenters. The number of ether oxygens (including phenoxy) is 1. The maximum absolute atomic E-state index is 13.3. The van der Waals surface area contributed by atoms with Gasteiger partial charge in [-0.2, -0.15) is 0 Å². The van der Waals surface area contributed by atoms with Crippen molar-refractivity contribution < 1.29 is 13.9 Å². The van der Waals surface area contributed by atoms with Gasteiger partial charge in [-0.25, -0.2) is 4.39 Å². The van der Waals surface area contributed by atoms with Crippen LogP contribution in [0.2, 0.25) is 0 Å². The first-order valence-electron chi connectivity index (χ1n) is 9.29. The van der Waals surface area contributed by atoms with Crippen molar-refractivity contribution >= 4 is 5.91 Å². The van der Waals surface area contributed by atoms with Crippen LogP contribution in [0, 0.1) is 5.82 Å². The van der Waals surface area contributed by atoms with Gasteiger partial charge < -0.3 is 9.64 Å². The van der Waals surface area contributed by atoms with E-state index in [0.29, 0.717) is 19.4 Å². The molecule has 1 amide bonds. The van der Waals surface area contributed by atoms with E-state index < -0.39 is 0 Å². The molecule has 2 aromatic rings. The molecule has 0 N–H and O–H groups in total. The van der Waals surface area contributed by atoms with Crippen LogP contribution in [0.4, 0.5) is 4.39 Å². The third-order valence-corrected chi connectivity index (χ3v) is 5.70. The summed E-state index contributed by atoms with van der Waals surface area (Å²) in [5, 5.41) is 0. The maximum atomic E-state index is 13.3. The van der Waals surface area contributed by atoms with Gasteiger partial charge in [0.25, 0.3) is 0 Å². The van der Waals surface area contributed by atoms with Crippen molar-refractivity contribution in [2.45, 2.75) is 37.6 Å². The van der Waals surface area contributed by atoms with Gasteiger partial charge in [0, 0.05) is 18.4 Å². The summed E-state index contributed by atoms with van der Waals surface area (Å²) in [6.45, 7) is 6.59. The van der Waals surface area contributed by atoms with Gasteiger partial charge in [-0.05, 0) is 55.2 Å². The zero-order chi connectivity index (χ0) is 19.4. The number of benzene rings is 2. The second kappa shape index (κ2) is 7.95. The molecular weight excluding hydrogens is 341 g/mol. The molecule has 1 saturated heterocycles. The van der Waals surface area contributed by atoms with Crippen LogP contribution in [0.3, 0.4) is 0 Å². The fourth-order valence-corrected chi connectivity index (χ4v) is 4.03. The second-order valence-corrected chi connectivity index (χ2v) is 7.24. The molecule has 1 fully saturated rings. The van der Waals surface area contributed by atoms with Crippen molar-refractivity contribution in [2.75, 3.05) is 13.7 Å². The first kappa shape index (κ1) is 19.2. The van der Waals surface area contributed by atoms with Crippen LogP contribution in [0.25, 0.3) is 0 Å². The Balaban J connectivity index is 1.80. The molecule has 0 aromatic heterocycles. The number of hydrogen-bond acceptors (Lipinski definition) is 2. The minimum atomic E-state index is -0.303. The van der Waals surface area contributed by atoms with Gasteiger partial charge in [0.15, 0.2) is 0 Å². The Morgan fingerprint density at radius 1 is 1.22 bits per heavy atom. The number of amides is 1. The van der Waals surface area contributed by atoms with E-state index in [1.165, 1.54) is 12.1 Å². The topological polar surface area (TPSA) is 29.5 Å². The molecule has 2 aromatic carbocycles. The Bertz CT molecular complexity index is 800. The van der Waals surface area contributed by atoms with Gasteiger partial charge in [0.1, 0.15) is 11.6 Å². The molecule has 0 spiro atoms. The Morgan fingerprint density at radius 2 is 1.89 bits per heavy atom. The van der Waals surface area contributed by atoms with E-state index in [0.717, 1.165) is 23.3 Å². The Kier molecular flexibility index (Phi) is 5.64. The van der Waals surface area contributed by atoms with Crippen LogP contribution in [0.1, 0.15) is 43.4 Å². The summed E-state index contributed by atoms with van der Waals surface area (Å²) in [4.78, 5) is 15.0. The van der Waals surface area contributed by atoms with Gasteiger partial charge in [0.2, 0.25) is 5.91 Å². The molecule has 4 heteroatoms. The molecule has 2 atom stereocenters. The molecule has 0 radical (unpaired) electrons. The van der Waals surface area contributed by atoms with Crippen LogP contribution >= 0.6 is 0 Å². The van der Waals surface area contributed by atoms with Gasteiger partial charge >= 0.3 is 0 Å². The lowest BCUT2D eigenvalue weighted by Gasteiger charge is -2.43. The van der Waals surface area contributed by atoms with Gasteiger partial charge in [-0.15, -0.1) is 6.58 Å². The highest BCUT2D eigenvalue weighted by Crippen LogP contribution is 2.41. The average Bonchev–Trinajstić information content (AvgIpc) is 2.68. The predicted molar refractivity (Wildman–Crippen MR) is 105 cm³/mol. The van der Waals surface area contributed by atoms with Crippen molar-refractivity contribution in [1.29, 1.82) is 0 Å². The van der Waals surface area contributed by atoms with E-state index in [1.807, 2.05) is 35.2 Å². The van der Waals surface area contributed by atoms with Gasteiger partial charge in [0.05, 0.1) is 13.2 Å². The fraction of sp³-hybridized carbons (Fsp3) is 0.348. The molecule has 27 heavy (non-hydrogen) atoms. The van der Waals surface area contributed by atoms with E-state index in [2.05, 4.69) is 13.5 Å². The summed E-state index contributed by atoms with van der Waals surface area (Å²) in [5.74, 6) is 0.664. The van der Waals surface area contributed by atoms with Crippen LogP contribution in [-0.4, -0.2) is 24.5 Å². The monoisotopic (exact) mass is 367 g/mol. The SMILES string of the molecule is C=CC[C@@]1(c2ccc(F)cc2)CCN([C@@H](C)c2ccc(OC)cc2)C(=O)C1. The molecule has 1 heterocycles. The number of piperidine rings is 1. The number of carbonyl (C=O) groups excluding carboxylic acids is 1.